The Bertz CT molecular complexity index is 342. The molecule has 5 heteroatoms. The Balaban J connectivity index is 0.000000493. The highest BCUT2D eigenvalue weighted by Crippen LogP contribution is 2.35. The van der Waals surface area contributed by atoms with E-state index in [-0.39, 0.29) is 19.6 Å². The molecular weight excluding hydrogens is 258 g/mol. The van der Waals surface area contributed by atoms with E-state index in [1.54, 1.807) is 19.9 Å². The summed E-state index contributed by atoms with van der Waals surface area (Å²) in [6, 6.07) is 1.70. The molecule has 1 atom stereocenters. The van der Waals surface area contributed by atoms with Crippen LogP contribution in [-0.4, -0.2) is 25.2 Å². The second-order valence-electron chi connectivity index (χ2n) is 5.02. The summed E-state index contributed by atoms with van der Waals surface area (Å²) in [5.41, 5.74) is 0. The lowest BCUT2D eigenvalue weighted by atomic mass is 10.1. The minimum Gasteiger partial charge on any atom is -0.466 e. The molecule has 0 radical (unpaired) electrons. The van der Waals surface area contributed by atoms with Gasteiger partial charge < -0.3 is 9.47 Å². The van der Waals surface area contributed by atoms with Gasteiger partial charge in [0.25, 0.3) is 0 Å². The molecule has 0 saturated heterocycles. The van der Waals surface area contributed by atoms with Crippen molar-refractivity contribution in [1.82, 2.24) is 0 Å². The zero-order chi connectivity index (χ0) is 15.5. The smallest absolute Gasteiger partial charge is 0.323 e. The van der Waals surface area contributed by atoms with E-state index < -0.39 is 17.9 Å². The van der Waals surface area contributed by atoms with Crippen molar-refractivity contribution in [3.8, 4) is 6.07 Å². The molecule has 5 nitrogen and oxygen atoms in total. The predicted octanol–water partition coefficient (Wildman–Crippen LogP) is 2.69. The maximum atomic E-state index is 11.1. The highest BCUT2D eigenvalue weighted by atomic mass is 16.5. The molecule has 0 amide bonds. The van der Waals surface area contributed by atoms with Gasteiger partial charge >= 0.3 is 11.9 Å². The molecule has 0 heterocycles. The third kappa shape index (κ3) is 8.52. The van der Waals surface area contributed by atoms with Gasteiger partial charge in [0, 0.05) is 0 Å². The van der Waals surface area contributed by atoms with Crippen molar-refractivity contribution < 1.29 is 19.1 Å². The molecule has 0 aromatic heterocycles. The van der Waals surface area contributed by atoms with Crippen molar-refractivity contribution in [3.63, 3.8) is 0 Å². The van der Waals surface area contributed by atoms with Gasteiger partial charge in [-0.15, -0.1) is 0 Å². The third-order valence-electron chi connectivity index (χ3n) is 2.97. The molecule has 0 aromatic carbocycles. The Labute approximate surface area is 121 Å². The van der Waals surface area contributed by atoms with Crippen LogP contribution in [0.1, 0.15) is 47.0 Å². The first-order valence-electron chi connectivity index (χ1n) is 7.18. The monoisotopic (exact) mass is 283 g/mol. The molecule has 0 spiro atoms. The van der Waals surface area contributed by atoms with Crippen LogP contribution < -0.4 is 0 Å². The molecular formula is C15H25NO4. The molecule has 1 saturated carbocycles. The van der Waals surface area contributed by atoms with Crippen molar-refractivity contribution in [2.45, 2.75) is 47.0 Å². The van der Waals surface area contributed by atoms with Crippen LogP contribution in [0.25, 0.3) is 0 Å². The number of ether oxygens (including phenoxy) is 2. The zero-order valence-corrected chi connectivity index (χ0v) is 12.8. The van der Waals surface area contributed by atoms with E-state index in [1.165, 1.54) is 12.8 Å². The van der Waals surface area contributed by atoms with E-state index in [0.29, 0.717) is 0 Å². The highest BCUT2D eigenvalue weighted by molar-refractivity contribution is 5.82. The SMILES string of the molecule is CC(C)C1CC1.CCOC(=O)CC(C#N)C(=O)OCC. The van der Waals surface area contributed by atoms with Gasteiger partial charge in [0.15, 0.2) is 5.92 Å². The molecule has 1 aliphatic rings. The van der Waals surface area contributed by atoms with E-state index in [4.69, 9.17) is 5.26 Å². The lowest BCUT2D eigenvalue weighted by Crippen LogP contribution is -2.20. The van der Waals surface area contributed by atoms with Crippen LogP contribution in [0.2, 0.25) is 0 Å². The van der Waals surface area contributed by atoms with Gasteiger partial charge in [-0.05, 0) is 38.5 Å². The molecule has 1 rings (SSSR count). The first-order valence-corrected chi connectivity index (χ1v) is 7.18. The second kappa shape index (κ2) is 10.2. The van der Waals surface area contributed by atoms with Gasteiger partial charge in [-0.3, -0.25) is 9.59 Å². The van der Waals surface area contributed by atoms with Crippen LogP contribution in [0.15, 0.2) is 0 Å². The van der Waals surface area contributed by atoms with Crippen molar-refractivity contribution in [3.05, 3.63) is 0 Å². The van der Waals surface area contributed by atoms with Gasteiger partial charge in [0.2, 0.25) is 0 Å². The van der Waals surface area contributed by atoms with Gasteiger partial charge in [-0.25, -0.2) is 0 Å². The average Bonchev–Trinajstić information content (AvgIpc) is 3.21. The van der Waals surface area contributed by atoms with Gasteiger partial charge in [0.05, 0.1) is 25.7 Å². The number of nitriles is 1. The summed E-state index contributed by atoms with van der Waals surface area (Å²) < 4.78 is 9.21. The maximum absolute atomic E-state index is 11.1. The summed E-state index contributed by atoms with van der Waals surface area (Å²) in [5, 5.41) is 8.58. The first-order chi connectivity index (χ1) is 9.46. The summed E-state index contributed by atoms with van der Waals surface area (Å²) in [6.45, 7) is 8.33. The Kier molecular flexibility index (Phi) is 9.44. The van der Waals surface area contributed by atoms with E-state index in [0.717, 1.165) is 11.8 Å². The predicted molar refractivity (Wildman–Crippen MR) is 74.5 cm³/mol. The van der Waals surface area contributed by atoms with Crippen molar-refractivity contribution in [1.29, 1.82) is 5.26 Å². The molecule has 0 bridgehead atoms. The van der Waals surface area contributed by atoms with Gasteiger partial charge in [-0.1, -0.05) is 13.8 Å². The summed E-state index contributed by atoms with van der Waals surface area (Å²) in [7, 11) is 0. The molecule has 0 aliphatic heterocycles. The summed E-state index contributed by atoms with van der Waals surface area (Å²) >= 11 is 0. The fourth-order valence-corrected chi connectivity index (χ4v) is 1.57. The van der Waals surface area contributed by atoms with Crippen LogP contribution in [0.3, 0.4) is 0 Å². The lowest BCUT2D eigenvalue weighted by molar-refractivity contribution is -0.152. The Morgan fingerprint density at radius 3 is 2.05 bits per heavy atom. The van der Waals surface area contributed by atoms with Crippen LogP contribution >= 0.6 is 0 Å². The minimum absolute atomic E-state index is 0.194. The molecule has 0 N–H and O–H groups in total. The van der Waals surface area contributed by atoms with Gasteiger partial charge in [0.1, 0.15) is 0 Å². The van der Waals surface area contributed by atoms with E-state index >= 15 is 0 Å². The van der Waals surface area contributed by atoms with Crippen LogP contribution in [0, 0.1) is 29.1 Å². The fourth-order valence-electron chi connectivity index (χ4n) is 1.57. The normalized spacial score (nSPS) is 14.6. The number of carbonyl (C=O) groups excluding carboxylic acids is 2. The number of esters is 2. The van der Waals surface area contributed by atoms with Crippen LogP contribution in [0.4, 0.5) is 0 Å². The number of hydrogen-bond acceptors (Lipinski definition) is 5. The number of hydrogen-bond donors (Lipinski definition) is 0. The third-order valence-corrected chi connectivity index (χ3v) is 2.97. The summed E-state index contributed by atoms with van der Waals surface area (Å²) in [4.78, 5) is 22.0. The van der Waals surface area contributed by atoms with Crippen molar-refractivity contribution in [2.75, 3.05) is 13.2 Å². The zero-order valence-electron chi connectivity index (χ0n) is 12.8. The molecule has 114 valence electrons. The largest absolute Gasteiger partial charge is 0.466 e. The van der Waals surface area contributed by atoms with Gasteiger partial charge in [-0.2, -0.15) is 5.26 Å². The minimum atomic E-state index is -1.06. The molecule has 0 aromatic rings. The molecule has 20 heavy (non-hydrogen) atoms. The average molecular weight is 283 g/mol. The fraction of sp³-hybridized carbons (Fsp3) is 0.800. The Morgan fingerprint density at radius 2 is 1.75 bits per heavy atom. The Hall–Kier alpha value is -1.57. The van der Waals surface area contributed by atoms with E-state index in [1.807, 2.05) is 0 Å². The highest BCUT2D eigenvalue weighted by Gasteiger charge is 2.24. The molecule has 1 fully saturated rings. The summed E-state index contributed by atoms with van der Waals surface area (Å²) in [6.07, 6.45) is 2.75. The topological polar surface area (TPSA) is 76.4 Å². The Morgan fingerprint density at radius 1 is 1.20 bits per heavy atom. The van der Waals surface area contributed by atoms with E-state index in [2.05, 4.69) is 23.3 Å². The first kappa shape index (κ1) is 18.4. The molecule has 1 unspecified atom stereocenters. The maximum Gasteiger partial charge on any atom is 0.323 e. The molecule has 1 aliphatic carbocycles. The quantitative estimate of drug-likeness (QED) is 0.700. The van der Waals surface area contributed by atoms with Crippen LogP contribution in [-0.2, 0) is 19.1 Å². The lowest BCUT2D eigenvalue weighted by Gasteiger charge is -2.07. The van der Waals surface area contributed by atoms with E-state index in [9.17, 15) is 9.59 Å². The number of carbonyl (C=O) groups is 2. The van der Waals surface area contributed by atoms with Crippen molar-refractivity contribution in [2.24, 2.45) is 17.8 Å². The second-order valence-corrected chi connectivity index (χ2v) is 5.02. The summed E-state index contributed by atoms with van der Waals surface area (Å²) in [5.74, 6) is -0.237. The van der Waals surface area contributed by atoms with Crippen molar-refractivity contribution >= 4 is 11.9 Å². The van der Waals surface area contributed by atoms with Crippen LogP contribution in [0.5, 0.6) is 0 Å². The number of nitrogens with zero attached hydrogens (tertiary/aromatic N) is 1. The number of rotatable bonds is 6. The standard InChI is InChI=1S/C9H13NO4.C6H12/c1-3-13-8(11)5-7(6-10)9(12)14-4-2;1-5(2)6-3-4-6/h7H,3-5H2,1-2H3;5-6H,3-4H2,1-2H3.